The standard InChI is InChI=1S/C50H33N5O9S/c51-28-32-21-33(29-52)23-38(22-32)62-42-4-2-1-3-39(42)53-40-15-13-36(34-9-5-30(6-10-34)24-49(60)63-54-45(56)17-18-46(54)57)26-43(40)65-44-27-37(14-16-41(44)53)35-11-7-31(8-12-35)25-50(61)64-55-47(58)19-20-48(55)59/h1-16,21-23,26-27H,17-20,24-25H2. The quantitative estimate of drug-likeness (QED) is 0.112. The molecule has 0 spiro atoms. The molecule has 4 amide bonds. The summed E-state index contributed by atoms with van der Waals surface area (Å²) in [6.45, 7) is 0. The summed E-state index contributed by atoms with van der Waals surface area (Å²) in [5, 5.41) is 20.4. The van der Waals surface area contributed by atoms with Crippen molar-refractivity contribution in [2.75, 3.05) is 4.90 Å². The van der Waals surface area contributed by atoms with Gasteiger partial charge in [0.2, 0.25) is 0 Å². The molecule has 0 radical (unpaired) electrons. The van der Waals surface area contributed by atoms with E-state index in [1.165, 1.54) is 6.07 Å². The zero-order valence-electron chi connectivity index (χ0n) is 34.2. The van der Waals surface area contributed by atoms with Gasteiger partial charge in [-0.3, -0.25) is 19.2 Å². The molecule has 3 heterocycles. The number of hydroxylamine groups is 4. The Hall–Kier alpha value is -8.53. The van der Waals surface area contributed by atoms with Crippen LogP contribution in [0, 0.1) is 22.7 Å². The number of hydrogen-bond acceptors (Lipinski definition) is 13. The van der Waals surface area contributed by atoms with E-state index < -0.39 is 35.6 Å². The monoisotopic (exact) mass is 879 g/mol. The maximum atomic E-state index is 12.6. The van der Waals surface area contributed by atoms with Gasteiger partial charge in [0, 0.05) is 35.5 Å². The summed E-state index contributed by atoms with van der Waals surface area (Å²) in [6.07, 6.45) is -0.221. The lowest BCUT2D eigenvalue weighted by Gasteiger charge is -2.34. The van der Waals surface area contributed by atoms with Gasteiger partial charge in [0.05, 0.1) is 53.2 Å². The second-order valence-electron chi connectivity index (χ2n) is 15.2. The summed E-state index contributed by atoms with van der Waals surface area (Å²) < 4.78 is 6.45. The second kappa shape index (κ2) is 17.7. The van der Waals surface area contributed by atoms with E-state index in [0.717, 1.165) is 43.4 Å². The SMILES string of the molecule is N#Cc1cc(C#N)cc(Oc2ccccc2N2c3ccc(-c4ccc(CC(=O)ON5C(=O)CCC5=O)cc4)cc3Sc3cc(-c4ccc(CC(=O)ON5C(=O)CCC5=O)cc4)ccc32)c1. The third-order valence-electron chi connectivity index (χ3n) is 10.8. The molecule has 3 aliphatic heterocycles. The van der Waals surface area contributed by atoms with Crippen molar-refractivity contribution in [3.05, 3.63) is 150 Å². The molecule has 9 rings (SSSR count). The van der Waals surface area contributed by atoms with Crippen LogP contribution in [0.3, 0.4) is 0 Å². The number of nitrogens with zero attached hydrogens (tertiary/aromatic N) is 5. The lowest BCUT2D eigenvalue weighted by atomic mass is 10.0. The zero-order chi connectivity index (χ0) is 45.2. The van der Waals surface area contributed by atoms with Gasteiger partial charge < -0.3 is 19.3 Å². The molecule has 15 heteroatoms. The number of nitriles is 2. The van der Waals surface area contributed by atoms with Crippen LogP contribution < -0.4 is 9.64 Å². The number of ether oxygens (including phenoxy) is 1. The number of hydrogen-bond donors (Lipinski definition) is 0. The summed E-state index contributed by atoms with van der Waals surface area (Å²) in [5.74, 6) is -2.79. The van der Waals surface area contributed by atoms with E-state index in [9.17, 15) is 39.3 Å². The Morgan fingerprint density at radius 1 is 0.523 bits per heavy atom. The number of carbonyl (C=O) groups excluding carboxylic acids is 6. The molecule has 6 aromatic rings. The van der Waals surface area contributed by atoms with Crippen molar-refractivity contribution in [2.24, 2.45) is 0 Å². The van der Waals surface area contributed by atoms with Crippen LogP contribution in [0.4, 0.5) is 17.1 Å². The molecule has 0 aromatic heterocycles. The molecular weight excluding hydrogens is 847 g/mol. The Labute approximate surface area is 375 Å². The van der Waals surface area contributed by atoms with Gasteiger partial charge >= 0.3 is 11.9 Å². The lowest BCUT2D eigenvalue weighted by molar-refractivity contribution is -0.197. The van der Waals surface area contributed by atoms with Crippen molar-refractivity contribution in [2.45, 2.75) is 48.3 Å². The van der Waals surface area contributed by atoms with Crippen molar-refractivity contribution in [3.63, 3.8) is 0 Å². The first-order valence-electron chi connectivity index (χ1n) is 20.3. The van der Waals surface area contributed by atoms with Crippen molar-refractivity contribution in [1.82, 2.24) is 10.1 Å². The van der Waals surface area contributed by atoms with Crippen LogP contribution in [0.2, 0.25) is 0 Å². The van der Waals surface area contributed by atoms with Gasteiger partial charge in [-0.1, -0.05) is 84.6 Å². The number of rotatable bonds is 11. The third-order valence-corrected chi connectivity index (χ3v) is 11.9. The number of anilines is 3. The van der Waals surface area contributed by atoms with E-state index >= 15 is 0 Å². The zero-order valence-corrected chi connectivity index (χ0v) is 35.0. The molecule has 65 heavy (non-hydrogen) atoms. The van der Waals surface area contributed by atoms with Gasteiger partial charge in [-0.15, -0.1) is 10.1 Å². The van der Waals surface area contributed by atoms with Gasteiger partial charge in [-0.2, -0.15) is 10.5 Å². The highest BCUT2D eigenvalue weighted by molar-refractivity contribution is 7.99. The van der Waals surface area contributed by atoms with Crippen molar-refractivity contribution >= 4 is 64.4 Å². The Bertz CT molecular complexity index is 2860. The van der Waals surface area contributed by atoms with E-state index in [4.69, 9.17) is 14.4 Å². The Morgan fingerprint density at radius 2 is 0.954 bits per heavy atom. The molecule has 0 atom stereocenters. The third kappa shape index (κ3) is 8.77. The van der Waals surface area contributed by atoms with Crippen molar-refractivity contribution < 1.29 is 43.2 Å². The summed E-state index contributed by atoms with van der Waals surface area (Å²) >= 11 is 1.58. The minimum absolute atomic E-state index is 0.0123. The highest BCUT2D eigenvalue weighted by Gasteiger charge is 2.34. The lowest BCUT2D eigenvalue weighted by Crippen LogP contribution is -2.32. The summed E-state index contributed by atoms with van der Waals surface area (Å²) in [4.78, 5) is 86.9. The molecule has 0 aliphatic carbocycles. The average molecular weight is 880 g/mol. The van der Waals surface area contributed by atoms with E-state index in [1.807, 2.05) is 72.8 Å². The van der Waals surface area contributed by atoms with Crippen LogP contribution >= 0.6 is 11.8 Å². The summed E-state index contributed by atoms with van der Waals surface area (Å²) in [7, 11) is 0. The first-order chi connectivity index (χ1) is 31.5. The van der Waals surface area contributed by atoms with Crippen LogP contribution in [0.1, 0.15) is 47.9 Å². The average Bonchev–Trinajstić information content (AvgIpc) is 3.81. The molecule has 2 fully saturated rings. The normalized spacial score (nSPS) is 14.1. The number of carbonyl (C=O) groups is 6. The minimum atomic E-state index is -0.719. The summed E-state index contributed by atoms with van der Waals surface area (Å²) in [5.41, 5.74) is 7.80. The van der Waals surface area contributed by atoms with Gasteiger partial charge in [0.15, 0.2) is 5.75 Å². The topological polar surface area (TPSA) is 187 Å². The van der Waals surface area contributed by atoms with Crippen molar-refractivity contribution in [3.8, 4) is 45.9 Å². The predicted octanol–water partition coefficient (Wildman–Crippen LogP) is 8.79. The molecule has 14 nitrogen and oxygen atoms in total. The van der Waals surface area contributed by atoms with Crippen molar-refractivity contribution in [1.29, 1.82) is 10.5 Å². The molecule has 0 saturated carbocycles. The van der Waals surface area contributed by atoms with Crippen LogP contribution in [-0.4, -0.2) is 45.7 Å². The van der Waals surface area contributed by atoms with E-state index in [-0.39, 0.29) is 49.7 Å². The number of benzene rings is 6. The number of para-hydroxylation sites is 2. The van der Waals surface area contributed by atoms with Gasteiger partial charge in [-0.05, 0) is 88.0 Å². The molecule has 6 aromatic carbocycles. The van der Waals surface area contributed by atoms with Crippen LogP contribution in [0.5, 0.6) is 11.5 Å². The van der Waals surface area contributed by atoms with Crippen LogP contribution in [0.25, 0.3) is 22.3 Å². The molecule has 0 N–H and O–H groups in total. The Balaban J connectivity index is 1.03. The molecular formula is C50H33N5O9S. The largest absolute Gasteiger partial charge is 0.455 e. The highest BCUT2D eigenvalue weighted by Crippen LogP contribution is 2.55. The summed E-state index contributed by atoms with van der Waals surface area (Å²) in [6, 6.07) is 43.2. The fraction of sp³-hybridized carbons (Fsp3) is 0.120. The number of imide groups is 2. The number of fused-ring (bicyclic) bond motifs is 2. The fourth-order valence-electron chi connectivity index (χ4n) is 7.62. The van der Waals surface area contributed by atoms with E-state index in [2.05, 4.69) is 29.2 Å². The Kier molecular flexibility index (Phi) is 11.4. The maximum Gasteiger partial charge on any atom is 0.337 e. The second-order valence-corrected chi connectivity index (χ2v) is 16.3. The van der Waals surface area contributed by atoms with Crippen LogP contribution in [-0.2, 0) is 51.3 Å². The number of amides is 4. The highest BCUT2D eigenvalue weighted by atomic mass is 32.2. The predicted molar refractivity (Wildman–Crippen MR) is 234 cm³/mol. The molecule has 318 valence electrons. The van der Waals surface area contributed by atoms with Crippen LogP contribution in [0.15, 0.2) is 137 Å². The van der Waals surface area contributed by atoms with Gasteiger partial charge in [-0.25, -0.2) is 9.59 Å². The molecule has 0 unspecified atom stereocenters. The first kappa shape index (κ1) is 41.8. The Morgan fingerprint density at radius 3 is 1.40 bits per heavy atom. The smallest absolute Gasteiger partial charge is 0.337 e. The maximum absolute atomic E-state index is 12.6. The van der Waals surface area contributed by atoms with Gasteiger partial charge in [0.1, 0.15) is 5.75 Å². The minimum Gasteiger partial charge on any atom is -0.455 e. The van der Waals surface area contributed by atoms with E-state index in [1.54, 1.807) is 48.2 Å². The molecule has 2 saturated heterocycles. The molecule has 0 bridgehead atoms. The molecule has 3 aliphatic rings. The fourth-order valence-corrected chi connectivity index (χ4v) is 8.75. The van der Waals surface area contributed by atoms with Gasteiger partial charge in [0.25, 0.3) is 23.6 Å². The first-order valence-corrected chi connectivity index (χ1v) is 21.2. The van der Waals surface area contributed by atoms with E-state index in [0.29, 0.717) is 38.4 Å².